The second kappa shape index (κ2) is 5.09. The Labute approximate surface area is 104 Å². The standard InChI is InChI=1S/C13H11ClO3/c1-7-4-9(3)10(5-8(7)2)12(16)11(6-15)13(14)17/h4-5H,1-3H3. The molecule has 0 aliphatic carbocycles. The van der Waals surface area contributed by atoms with Crippen LogP contribution >= 0.6 is 11.6 Å². The predicted octanol–water partition coefficient (Wildman–Crippen LogP) is 2.32. The van der Waals surface area contributed by atoms with Gasteiger partial charge in [-0.1, -0.05) is 6.07 Å². The van der Waals surface area contributed by atoms with Crippen molar-refractivity contribution in [2.75, 3.05) is 0 Å². The van der Waals surface area contributed by atoms with Gasteiger partial charge in [-0.3, -0.25) is 9.59 Å². The molecule has 1 aromatic carbocycles. The van der Waals surface area contributed by atoms with E-state index >= 15 is 0 Å². The molecule has 0 spiro atoms. The molecule has 0 aliphatic heterocycles. The molecule has 0 heterocycles. The zero-order chi connectivity index (χ0) is 13.2. The lowest BCUT2D eigenvalue weighted by molar-refractivity contribution is -0.108. The molecule has 0 N–H and O–H groups in total. The molecule has 0 amide bonds. The van der Waals surface area contributed by atoms with Gasteiger partial charge in [-0.2, -0.15) is 0 Å². The lowest BCUT2D eigenvalue weighted by Crippen LogP contribution is -2.11. The van der Waals surface area contributed by atoms with E-state index in [1.165, 1.54) is 5.94 Å². The summed E-state index contributed by atoms with van der Waals surface area (Å²) in [5.74, 6) is 0.617. The molecule has 0 saturated carbocycles. The summed E-state index contributed by atoms with van der Waals surface area (Å²) in [6.07, 6.45) is 0. The van der Waals surface area contributed by atoms with Gasteiger partial charge in [0.25, 0.3) is 5.24 Å². The van der Waals surface area contributed by atoms with Gasteiger partial charge in [0.2, 0.25) is 5.78 Å². The second-order valence-corrected chi connectivity index (χ2v) is 4.17. The Morgan fingerprint density at radius 2 is 1.59 bits per heavy atom. The maximum Gasteiger partial charge on any atom is 0.267 e. The zero-order valence-electron chi connectivity index (χ0n) is 9.76. The van der Waals surface area contributed by atoms with Crippen LogP contribution in [0.3, 0.4) is 0 Å². The van der Waals surface area contributed by atoms with Gasteiger partial charge in [0.15, 0.2) is 5.57 Å². The van der Waals surface area contributed by atoms with Gasteiger partial charge in [0.1, 0.15) is 5.94 Å². The van der Waals surface area contributed by atoms with Crippen LogP contribution in [0.5, 0.6) is 0 Å². The molecular weight excluding hydrogens is 240 g/mol. The molecule has 3 nitrogen and oxygen atoms in total. The SMILES string of the molecule is Cc1cc(C)c(C(=O)C(=C=O)C(=O)Cl)cc1C. The van der Waals surface area contributed by atoms with Gasteiger partial charge < -0.3 is 0 Å². The molecule has 0 aliphatic rings. The van der Waals surface area contributed by atoms with Crippen molar-refractivity contribution in [3.05, 3.63) is 40.0 Å². The number of carbonyl (C=O) groups is 2. The van der Waals surface area contributed by atoms with E-state index in [-0.39, 0.29) is 0 Å². The quantitative estimate of drug-likeness (QED) is 0.207. The van der Waals surface area contributed by atoms with E-state index < -0.39 is 16.6 Å². The van der Waals surface area contributed by atoms with Crippen molar-refractivity contribution in [3.8, 4) is 0 Å². The minimum atomic E-state index is -1.08. The monoisotopic (exact) mass is 250 g/mol. The Hall–Kier alpha value is -1.70. The smallest absolute Gasteiger partial charge is 0.267 e. The highest BCUT2D eigenvalue weighted by Gasteiger charge is 2.21. The van der Waals surface area contributed by atoms with Crippen molar-refractivity contribution in [2.45, 2.75) is 20.8 Å². The van der Waals surface area contributed by atoms with Crippen LogP contribution < -0.4 is 0 Å². The Morgan fingerprint density at radius 3 is 2.06 bits per heavy atom. The van der Waals surface area contributed by atoms with E-state index in [4.69, 9.17) is 11.6 Å². The highest BCUT2D eigenvalue weighted by molar-refractivity contribution is 6.72. The third kappa shape index (κ3) is 2.70. The van der Waals surface area contributed by atoms with E-state index in [2.05, 4.69) is 0 Å². The molecule has 0 atom stereocenters. The first-order chi connectivity index (χ1) is 7.88. The fourth-order valence-corrected chi connectivity index (χ4v) is 1.64. The topological polar surface area (TPSA) is 51.2 Å². The van der Waals surface area contributed by atoms with E-state index in [9.17, 15) is 14.4 Å². The first-order valence-corrected chi connectivity index (χ1v) is 5.33. The number of rotatable bonds is 3. The average molecular weight is 251 g/mol. The van der Waals surface area contributed by atoms with Crippen molar-refractivity contribution in [1.82, 2.24) is 0 Å². The molecule has 0 fully saturated rings. The highest BCUT2D eigenvalue weighted by Crippen LogP contribution is 2.18. The van der Waals surface area contributed by atoms with Crippen LogP contribution in [0.4, 0.5) is 0 Å². The summed E-state index contributed by atoms with van der Waals surface area (Å²) in [4.78, 5) is 33.3. The molecule has 17 heavy (non-hydrogen) atoms. The van der Waals surface area contributed by atoms with Crippen LogP contribution in [-0.2, 0) is 9.59 Å². The fourth-order valence-electron chi connectivity index (χ4n) is 1.52. The molecule has 88 valence electrons. The normalized spacial score (nSPS) is 9.65. The maximum absolute atomic E-state index is 11.9. The molecular formula is C13H11ClO3. The van der Waals surface area contributed by atoms with Crippen molar-refractivity contribution in [2.24, 2.45) is 0 Å². The summed E-state index contributed by atoms with van der Waals surface area (Å²) in [5.41, 5.74) is 2.29. The summed E-state index contributed by atoms with van der Waals surface area (Å²) >= 11 is 5.15. The van der Waals surface area contributed by atoms with E-state index in [0.29, 0.717) is 11.1 Å². The first kappa shape index (κ1) is 13.4. The van der Waals surface area contributed by atoms with Crippen LogP contribution in [0, 0.1) is 20.8 Å². The summed E-state index contributed by atoms with van der Waals surface area (Å²) in [6.45, 7) is 5.50. The fraction of sp³-hybridized carbons (Fsp3) is 0.231. The van der Waals surface area contributed by atoms with E-state index in [1.54, 1.807) is 13.0 Å². The van der Waals surface area contributed by atoms with Gasteiger partial charge in [0.05, 0.1) is 0 Å². The first-order valence-electron chi connectivity index (χ1n) is 4.96. The molecule has 0 aromatic heterocycles. The number of hydrogen-bond donors (Lipinski definition) is 0. The predicted molar refractivity (Wildman–Crippen MR) is 65.1 cm³/mol. The largest absolute Gasteiger partial charge is 0.288 e. The van der Waals surface area contributed by atoms with Crippen molar-refractivity contribution in [1.29, 1.82) is 0 Å². The molecule has 0 radical (unpaired) electrons. The molecule has 0 bridgehead atoms. The van der Waals surface area contributed by atoms with Crippen LogP contribution in [0.1, 0.15) is 27.0 Å². The average Bonchev–Trinajstić information content (AvgIpc) is 2.23. The Balaban J connectivity index is 3.36. The number of carbonyl (C=O) groups excluding carboxylic acids is 3. The number of ketones is 1. The van der Waals surface area contributed by atoms with Crippen molar-refractivity contribution >= 4 is 28.6 Å². The summed E-state index contributed by atoms with van der Waals surface area (Å²) < 4.78 is 0. The lowest BCUT2D eigenvalue weighted by atomic mass is 9.95. The van der Waals surface area contributed by atoms with Crippen molar-refractivity contribution < 1.29 is 14.4 Å². The summed E-state index contributed by atoms with van der Waals surface area (Å²) in [6, 6.07) is 3.47. The third-order valence-corrected chi connectivity index (χ3v) is 2.80. The van der Waals surface area contributed by atoms with Gasteiger partial charge in [0, 0.05) is 5.56 Å². The third-order valence-electron chi connectivity index (χ3n) is 2.61. The minimum Gasteiger partial charge on any atom is -0.288 e. The Kier molecular flexibility index (Phi) is 4.00. The number of aryl methyl sites for hydroxylation is 3. The number of Topliss-reactive ketones (excluding diaryl/α,β-unsaturated/α-hetero) is 1. The highest BCUT2D eigenvalue weighted by atomic mass is 35.5. The molecule has 1 rings (SSSR count). The minimum absolute atomic E-state index is 0.306. The number of halogens is 1. The second-order valence-electron chi connectivity index (χ2n) is 3.83. The van der Waals surface area contributed by atoms with Gasteiger partial charge in [-0.05, 0) is 55.1 Å². The molecule has 1 aromatic rings. The van der Waals surface area contributed by atoms with Gasteiger partial charge in [-0.25, -0.2) is 4.79 Å². The van der Waals surface area contributed by atoms with E-state index in [1.807, 2.05) is 19.9 Å². The van der Waals surface area contributed by atoms with Gasteiger partial charge >= 0.3 is 0 Å². The van der Waals surface area contributed by atoms with E-state index in [0.717, 1.165) is 11.1 Å². The Bertz CT molecular complexity index is 552. The van der Waals surface area contributed by atoms with Crippen LogP contribution in [0.2, 0.25) is 0 Å². The maximum atomic E-state index is 11.9. The van der Waals surface area contributed by atoms with Crippen LogP contribution in [0.15, 0.2) is 17.7 Å². The summed E-state index contributed by atoms with van der Waals surface area (Å²) in [5, 5.41) is -1.08. The Morgan fingerprint density at radius 1 is 1.06 bits per heavy atom. The van der Waals surface area contributed by atoms with Crippen LogP contribution in [0.25, 0.3) is 0 Å². The van der Waals surface area contributed by atoms with Gasteiger partial charge in [-0.15, -0.1) is 0 Å². The molecule has 4 heteroatoms. The zero-order valence-corrected chi connectivity index (χ0v) is 10.5. The number of allylic oxidation sites excluding steroid dienone is 1. The molecule has 0 unspecified atom stereocenters. The number of hydrogen-bond acceptors (Lipinski definition) is 3. The van der Waals surface area contributed by atoms with Crippen molar-refractivity contribution in [3.63, 3.8) is 0 Å². The van der Waals surface area contributed by atoms with Crippen LogP contribution in [-0.4, -0.2) is 17.0 Å². The number of benzene rings is 1. The summed E-state index contributed by atoms with van der Waals surface area (Å²) in [7, 11) is 0. The lowest BCUT2D eigenvalue weighted by Gasteiger charge is -2.07. The molecule has 0 saturated heterocycles.